The van der Waals surface area contributed by atoms with E-state index >= 15 is 0 Å². The van der Waals surface area contributed by atoms with Crippen LogP contribution in [0.3, 0.4) is 0 Å². The molecule has 0 atom stereocenters. The highest BCUT2D eigenvalue weighted by Crippen LogP contribution is 2.35. The lowest BCUT2D eigenvalue weighted by molar-refractivity contribution is 0.0584. The molecule has 110 valence electrons. The minimum absolute atomic E-state index is 0.254. The minimum atomic E-state index is -0.460. The van der Waals surface area contributed by atoms with Gasteiger partial charge in [-0.15, -0.1) is 0 Å². The second kappa shape index (κ2) is 5.35. The number of carbonyl (C=O) groups excluding carboxylic acids is 1. The first kappa shape index (κ1) is 14.7. The predicted molar refractivity (Wildman–Crippen MR) is 82.7 cm³/mol. The van der Waals surface area contributed by atoms with Crippen molar-refractivity contribution in [3.05, 3.63) is 23.3 Å². The molecule has 4 nitrogen and oxygen atoms in total. The van der Waals surface area contributed by atoms with Crippen molar-refractivity contribution in [3.8, 4) is 0 Å². The van der Waals surface area contributed by atoms with Gasteiger partial charge in [0.1, 0.15) is 5.60 Å². The third kappa shape index (κ3) is 2.74. The Hall–Kier alpha value is -1.71. The Morgan fingerprint density at radius 3 is 2.65 bits per heavy atom. The lowest BCUT2D eigenvalue weighted by atomic mass is 10.0. The van der Waals surface area contributed by atoms with Crippen LogP contribution in [0.1, 0.15) is 38.8 Å². The van der Waals surface area contributed by atoms with E-state index in [0.717, 1.165) is 24.2 Å². The van der Waals surface area contributed by atoms with Crippen molar-refractivity contribution in [2.45, 2.75) is 46.1 Å². The summed E-state index contributed by atoms with van der Waals surface area (Å²) in [4.78, 5) is 14.0. The molecule has 0 aliphatic carbocycles. The summed E-state index contributed by atoms with van der Waals surface area (Å²) in [6.07, 6.45) is 1.60. The Balaban J connectivity index is 2.32. The van der Waals surface area contributed by atoms with Gasteiger partial charge in [0.2, 0.25) is 0 Å². The van der Waals surface area contributed by atoms with E-state index in [-0.39, 0.29) is 6.09 Å². The molecule has 0 saturated carbocycles. The summed E-state index contributed by atoms with van der Waals surface area (Å²) in [5.74, 6) is 0. The number of carbonyl (C=O) groups is 1. The Kier molecular flexibility index (Phi) is 3.93. The molecule has 0 unspecified atom stereocenters. The van der Waals surface area contributed by atoms with E-state index in [1.165, 1.54) is 11.1 Å². The third-order valence-electron chi connectivity index (χ3n) is 3.52. The van der Waals surface area contributed by atoms with Crippen LogP contribution in [0.5, 0.6) is 0 Å². The second-order valence-electron chi connectivity index (χ2n) is 6.07. The van der Waals surface area contributed by atoms with Crippen molar-refractivity contribution < 1.29 is 9.53 Å². The molecule has 0 spiro atoms. The predicted octanol–water partition coefficient (Wildman–Crippen LogP) is 3.59. The first-order chi connectivity index (χ1) is 9.37. The van der Waals surface area contributed by atoms with Gasteiger partial charge < -0.3 is 10.1 Å². The van der Waals surface area contributed by atoms with E-state index < -0.39 is 5.60 Å². The van der Waals surface area contributed by atoms with Gasteiger partial charge >= 0.3 is 6.09 Å². The van der Waals surface area contributed by atoms with Crippen LogP contribution < -0.4 is 10.2 Å². The molecule has 4 heteroatoms. The number of hydrogen-bond donors (Lipinski definition) is 1. The van der Waals surface area contributed by atoms with Crippen molar-refractivity contribution in [1.29, 1.82) is 0 Å². The molecule has 0 saturated heterocycles. The topological polar surface area (TPSA) is 41.6 Å². The number of ether oxygens (including phenoxy) is 1. The molecule has 1 aromatic carbocycles. The van der Waals surface area contributed by atoms with Crippen LogP contribution in [0.15, 0.2) is 12.1 Å². The van der Waals surface area contributed by atoms with Gasteiger partial charge in [-0.1, -0.05) is 6.92 Å². The first-order valence-electron chi connectivity index (χ1n) is 7.20. The number of hydrogen-bond acceptors (Lipinski definition) is 3. The molecular formula is C16H24N2O2. The van der Waals surface area contributed by atoms with E-state index in [1.54, 1.807) is 4.90 Å². The molecule has 0 aromatic heterocycles. The van der Waals surface area contributed by atoms with Gasteiger partial charge in [0.05, 0.1) is 5.69 Å². The fourth-order valence-electron chi connectivity index (χ4n) is 2.70. The number of rotatable bonds is 2. The van der Waals surface area contributed by atoms with E-state index in [1.807, 2.05) is 40.0 Å². The maximum atomic E-state index is 12.3. The van der Waals surface area contributed by atoms with Crippen molar-refractivity contribution in [2.75, 3.05) is 23.8 Å². The van der Waals surface area contributed by atoms with Gasteiger partial charge in [0.15, 0.2) is 0 Å². The Morgan fingerprint density at radius 1 is 1.40 bits per heavy atom. The van der Waals surface area contributed by atoms with Crippen LogP contribution in [0.4, 0.5) is 16.2 Å². The molecule has 1 heterocycles. The number of fused-ring (bicyclic) bond motifs is 1. The molecule has 0 bridgehead atoms. The number of nitrogens with one attached hydrogen (secondary N) is 1. The van der Waals surface area contributed by atoms with Crippen molar-refractivity contribution in [1.82, 2.24) is 0 Å². The molecule has 20 heavy (non-hydrogen) atoms. The normalized spacial score (nSPS) is 14.2. The minimum Gasteiger partial charge on any atom is -0.443 e. The fourth-order valence-corrected chi connectivity index (χ4v) is 2.70. The second-order valence-corrected chi connectivity index (χ2v) is 6.07. The maximum absolute atomic E-state index is 12.3. The molecule has 0 fully saturated rings. The van der Waals surface area contributed by atoms with E-state index in [0.29, 0.717) is 6.54 Å². The van der Waals surface area contributed by atoms with E-state index in [9.17, 15) is 4.79 Å². The summed E-state index contributed by atoms with van der Waals surface area (Å²) in [6.45, 7) is 8.52. The zero-order chi connectivity index (χ0) is 14.9. The molecule has 2 rings (SSSR count). The molecule has 1 N–H and O–H groups in total. The summed E-state index contributed by atoms with van der Waals surface area (Å²) in [6, 6.07) is 4.05. The molecule has 1 aliphatic rings. The van der Waals surface area contributed by atoms with E-state index in [2.05, 4.69) is 12.2 Å². The van der Waals surface area contributed by atoms with Crippen LogP contribution in [0.25, 0.3) is 0 Å². The third-order valence-corrected chi connectivity index (χ3v) is 3.52. The van der Waals surface area contributed by atoms with Crippen LogP contribution in [0.2, 0.25) is 0 Å². The Morgan fingerprint density at radius 2 is 2.10 bits per heavy atom. The summed E-state index contributed by atoms with van der Waals surface area (Å²) in [7, 11) is 1.93. The smallest absolute Gasteiger partial charge is 0.414 e. The standard InChI is InChI=1S/C16H24N2O2/c1-6-11-12-9-10-18(15(19)20-16(2,3)4)14(12)8-7-13(11)17-5/h7-8,17H,6,9-10H2,1-5H3. The molecule has 1 aromatic rings. The average molecular weight is 276 g/mol. The lowest BCUT2D eigenvalue weighted by Gasteiger charge is -2.25. The maximum Gasteiger partial charge on any atom is 0.414 e. The monoisotopic (exact) mass is 276 g/mol. The SMILES string of the molecule is CCc1c(NC)ccc2c1CCN2C(=O)OC(C)(C)C. The van der Waals surface area contributed by atoms with Gasteiger partial charge in [-0.25, -0.2) is 4.79 Å². The van der Waals surface area contributed by atoms with Crippen LogP contribution in [-0.4, -0.2) is 25.3 Å². The fraction of sp³-hybridized carbons (Fsp3) is 0.562. The van der Waals surface area contributed by atoms with Crippen LogP contribution in [-0.2, 0) is 17.6 Å². The van der Waals surface area contributed by atoms with E-state index in [4.69, 9.17) is 4.74 Å². The van der Waals surface area contributed by atoms with Crippen molar-refractivity contribution >= 4 is 17.5 Å². The van der Waals surface area contributed by atoms with Crippen molar-refractivity contribution in [2.24, 2.45) is 0 Å². The van der Waals surface area contributed by atoms with Gasteiger partial charge in [-0.3, -0.25) is 4.90 Å². The zero-order valence-electron chi connectivity index (χ0n) is 13.0. The summed E-state index contributed by atoms with van der Waals surface area (Å²) < 4.78 is 5.48. The average Bonchev–Trinajstić information content (AvgIpc) is 2.79. The van der Waals surface area contributed by atoms with Gasteiger partial charge in [0.25, 0.3) is 0 Å². The van der Waals surface area contributed by atoms with Crippen LogP contribution >= 0.6 is 0 Å². The number of amides is 1. The number of nitrogens with zero attached hydrogens (tertiary/aromatic N) is 1. The zero-order valence-corrected chi connectivity index (χ0v) is 13.0. The highest BCUT2D eigenvalue weighted by atomic mass is 16.6. The summed E-state index contributed by atoms with van der Waals surface area (Å²) in [5.41, 5.74) is 4.26. The lowest BCUT2D eigenvalue weighted by Crippen LogP contribution is -2.35. The molecule has 0 radical (unpaired) electrons. The quantitative estimate of drug-likeness (QED) is 0.897. The summed E-state index contributed by atoms with van der Waals surface area (Å²) >= 11 is 0. The first-order valence-corrected chi connectivity index (χ1v) is 7.20. The highest BCUT2D eigenvalue weighted by molar-refractivity contribution is 5.91. The Bertz CT molecular complexity index is 518. The number of anilines is 2. The summed E-state index contributed by atoms with van der Waals surface area (Å²) in [5, 5.41) is 3.22. The van der Waals surface area contributed by atoms with Crippen LogP contribution in [0, 0.1) is 0 Å². The molecule has 1 amide bonds. The number of benzene rings is 1. The molecule has 1 aliphatic heterocycles. The van der Waals surface area contributed by atoms with Crippen molar-refractivity contribution in [3.63, 3.8) is 0 Å². The molecular weight excluding hydrogens is 252 g/mol. The largest absolute Gasteiger partial charge is 0.443 e. The van der Waals surface area contributed by atoms with Gasteiger partial charge in [0, 0.05) is 19.3 Å². The highest BCUT2D eigenvalue weighted by Gasteiger charge is 2.30. The van der Waals surface area contributed by atoms with Gasteiger partial charge in [-0.2, -0.15) is 0 Å². The van der Waals surface area contributed by atoms with Gasteiger partial charge in [-0.05, 0) is 56.9 Å². The Labute approximate surface area is 121 Å².